The second kappa shape index (κ2) is 16.6. The molecule has 0 spiro atoms. The molecule has 0 unspecified atom stereocenters. The van der Waals surface area contributed by atoms with E-state index < -0.39 is 38.2 Å². The third-order valence-electron chi connectivity index (χ3n) is 14.4. The summed E-state index contributed by atoms with van der Waals surface area (Å²) in [5.74, 6) is 1.97. The first kappa shape index (κ1) is 33.7. The summed E-state index contributed by atoms with van der Waals surface area (Å²) in [6.07, 6.45) is 1.86. The molecular formula is C67H62N4O. The van der Waals surface area contributed by atoms with E-state index in [1.165, 1.54) is 12.1 Å². The number of aryl methyl sites for hydroxylation is 1. The van der Waals surface area contributed by atoms with Crippen molar-refractivity contribution in [1.82, 2.24) is 14.1 Å². The molecule has 11 aromatic rings. The van der Waals surface area contributed by atoms with Gasteiger partial charge in [0.05, 0.1) is 27.8 Å². The Morgan fingerprint density at radius 1 is 0.500 bits per heavy atom. The number of pyridine rings is 1. The van der Waals surface area contributed by atoms with Crippen LogP contribution in [0.5, 0.6) is 11.5 Å². The standard InChI is InChI=1S/C67H62N4O/c1-42-19-15-26-55-51-22-11-12-23-52(51)56-27-18-30-59-64(56)70(63-50(25-17-28-57(63)62(42)55)43-35-45(66(5,6)7)37-46(36-43)67(8,9)10)41-69(59)47-20-16-21-48(39-47)72-49-31-32-54-53-24-13-14-29-58(53)71(60(54)40-49)61-38-44(33-34-68-61)65(2,3)4/h11-40H,41H2,1-10H3/i1D3,5D3,6D3,7D3. The molecule has 0 saturated carbocycles. The summed E-state index contributed by atoms with van der Waals surface area (Å²) < 4.78 is 118. The fourth-order valence-electron chi connectivity index (χ4n) is 10.8. The first-order chi connectivity index (χ1) is 39.5. The Hall–Kier alpha value is -7.89. The molecule has 8 aromatic carbocycles. The van der Waals surface area contributed by atoms with E-state index in [2.05, 4.69) is 71.2 Å². The molecule has 3 aromatic heterocycles. The summed E-state index contributed by atoms with van der Waals surface area (Å²) in [5.41, 5.74) is 2.90. The lowest BCUT2D eigenvalue weighted by Gasteiger charge is -2.27. The first-order valence-electron chi connectivity index (χ1n) is 30.5. The smallest absolute Gasteiger partial charge is 0.137 e. The van der Waals surface area contributed by atoms with Crippen molar-refractivity contribution in [3.8, 4) is 28.4 Å². The van der Waals surface area contributed by atoms with Crippen LogP contribution < -0.4 is 9.64 Å². The van der Waals surface area contributed by atoms with Gasteiger partial charge in [-0.25, -0.2) is 4.98 Å². The second-order valence-corrected chi connectivity index (χ2v) is 21.2. The van der Waals surface area contributed by atoms with Gasteiger partial charge >= 0.3 is 0 Å². The maximum atomic E-state index is 9.06. The summed E-state index contributed by atoms with van der Waals surface area (Å²) in [7, 11) is 0. The quantitative estimate of drug-likeness (QED) is 0.172. The molecule has 0 saturated heterocycles. The van der Waals surface area contributed by atoms with Crippen molar-refractivity contribution < 1.29 is 21.2 Å². The molecule has 1 aliphatic rings. The van der Waals surface area contributed by atoms with Crippen LogP contribution in [0.25, 0.3) is 82.1 Å². The minimum Gasteiger partial charge on any atom is -0.457 e. The van der Waals surface area contributed by atoms with Gasteiger partial charge in [0.2, 0.25) is 0 Å². The molecule has 0 atom stereocenters. The summed E-state index contributed by atoms with van der Waals surface area (Å²) in [6, 6.07) is 56.0. The molecular weight excluding hydrogens is 877 g/mol. The van der Waals surface area contributed by atoms with Gasteiger partial charge in [-0.1, -0.05) is 177 Å². The Kier molecular flexibility index (Phi) is 7.76. The summed E-state index contributed by atoms with van der Waals surface area (Å²) in [4.78, 5) is 7.05. The number of nitrogens with zero attached hydrogens (tertiary/aromatic N) is 4. The minimum absolute atomic E-state index is 0.101. The number of fused-ring (bicyclic) bond motifs is 10. The van der Waals surface area contributed by atoms with Crippen LogP contribution in [0.3, 0.4) is 0 Å². The van der Waals surface area contributed by atoms with E-state index in [1.807, 2.05) is 142 Å². The highest BCUT2D eigenvalue weighted by molar-refractivity contribution is 6.23. The van der Waals surface area contributed by atoms with Crippen LogP contribution >= 0.6 is 0 Å². The maximum absolute atomic E-state index is 9.06. The molecule has 72 heavy (non-hydrogen) atoms. The van der Waals surface area contributed by atoms with Crippen molar-refractivity contribution in [2.75, 3.05) is 4.90 Å². The number of benzene rings is 8. The van der Waals surface area contributed by atoms with Gasteiger partial charge in [-0.15, -0.1) is 0 Å². The van der Waals surface area contributed by atoms with Gasteiger partial charge in [0.1, 0.15) is 24.0 Å². The lowest BCUT2D eigenvalue weighted by Crippen LogP contribution is -2.17. The molecule has 0 aliphatic carbocycles. The van der Waals surface area contributed by atoms with Crippen molar-refractivity contribution in [2.45, 2.75) is 91.9 Å². The highest BCUT2D eigenvalue weighted by Gasteiger charge is 2.28. The molecule has 12 rings (SSSR count). The average Bonchev–Trinajstić information content (AvgIpc) is 1.69. The van der Waals surface area contributed by atoms with E-state index in [-0.39, 0.29) is 23.2 Å². The third-order valence-corrected chi connectivity index (χ3v) is 14.4. The van der Waals surface area contributed by atoms with Crippen molar-refractivity contribution >= 4 is 76.5 Å². The average molecular weight is 951 g/mol. The lowest BCUT2D eigenvalue weighted by molar-refractivity contribution is 0.483. The van der Waals surface area contributed by atoms with Gasteiger partial charge in [0, 0.05) is 67.6 Å². The van der Waals surface area contributed by atoms with Gasteiger partial charge in [-0.2, -0.15) is 0 Å². The Bertz CT molecular complexity index is 4510. The fraction of sp³-hybridized carbons (Fsp3) is 0.209. The normalized spacial score (nSPS) is 16.2. The molecule has 5 nitrogen and oxygen atoms in total. The fourth-order valence-corrected chi connectivity index (χ4v) is 10.8. The number of aromatic nitrogens is 3. The number of hydrogen-bond donors (Lipinski definition) is 0. The van der Waals surface area contributed by atoms with Crippen molar-refractivity contribution in [2.24, 2.45) is 0 Å². The topological polar surface area (TPSA) is 35.2 Å². The monoisotopic (exact) mass is 951 g/mol. The van der Waals surface area contributed by atoms with Crippen LogP contribution in [0.1, 0.15) is 101 Å². The number of anilines is 2. The molecule has 356 valence electrons. The van der Waals surface area contributed by atoms with Gasteiger partial charge in [-0.05, 0) is 121 Å². The van der Waals surface area contributed by atoms with E-state index >= 15 is 0 Å². The zero-order valence-corrected chi connectivity index (χ0v) is 41.2. The number of hydrogen-bond acceptors (Lipinski definition) is 3. The highest BCUT2D eigenvalue weighted by atomic mass is 16.5. The predicted molar refractivity (Wildman–Crippen MR) is 306 cm³/mol. The van der Waals surface area contributed by atoms with E-state index in [9.17, 15) is 0 Å². The van der Waals surface area contributed by atoms with E-state index in [0.29, 0.717) is 49.9 Å². The molecule has 4 heterocycles. The number of ether oxygens (including phenoxy) is 1. The van der Waals surface area contributed by atoms with E-state index in [0.717, 1.165) is 66.2 Å². The van der Waals surface area contributed by atoms with Crippen LogP contribution in [-0.2, 0) is 22.9 Å². The Morgan fingerprint density at radius 2 is 1.15 bits per heavy atom. The molecule has 0 radical (unpaired) electrons. The summed E-state index contributed by atoms with van der Waals surface area (Å²) >= 11 is 0. The molecule has 0 fully saturated rings. The van der Waals surface area contributed by atoms with Crippen LogP contribution in [0, 0.1) is 6.85 Å². The Morgan fingerprint density at radius 3 is 1.93 bits per heavy atom. The van der Waals surface area contributed by atoms with Gasteiger partial charge < -0.3 is 14.2 Å². The Balaban J connectivity index is 1.12. The number of para-hydroxylation sites is 3. The molecule has 1 aliphatic heterocycles. The Labute approximate surface area is 440 Å². The van der Waals surface area contributed by atoms with Crippen molar-refractivity contribution in [1.29, 1.82) is 0 Å². The maximum Gasteiger partial charge on any atom is 0.137 e. The van der Waals surface area contributed by atoms with Gasteiger partial charge in [0.25, 0.3) is 0 Å². The summed E-state index contributed by atoms with van der Waals surface area (Å²) in [6.45, 7) is -0.800. The molecule has 0 N–H and O–H groups in total. The third kappa shape index (κ3) is 7.56. The minimum atomic E-state index is -3.54. The molecule has 5 heteroatoms. The highest BCUT2D eigenvalue weighted by Crippen LogP contribution is 2.46. The van der Waals surface area contributed by atoms with Crippen molar-refractivity contribution in [3.63, 3.8) is 0 Å². The van der Waals surface area contributed by atoms with E-state index in [4.69, 9.17) is 26.2 Å². The van der Waals surface area contributed by atoms with Crippen LogP contribution in [0.2, 0.25) is 0 Å². The van der Waals surface area contributed by atoms with Gasteiger partial charge in [-0.3, -0.25) is 4.57 Å². The SMILES string of the molecule is [2H]C([2H])([2H])c1cccc2c3ccccc3c3cccc4c3n(c3c(-c5cc(C(C)(C)C)cc(C(C([2H])([2H])[2H])(C([2H])([2H])[2H])C([2H])([2H])[2H])c5)cccc3c12)CN4c1cccc(Oc2ccc3c4ccccc4n(-c4cc(C(C)(C)C)ccn4)c3c2)c1. The first-order valence-corrected chi connectivity index (χ1v) is 24.5. The van der Waals surface area contributed by atoms with Crippen LogP contribution in [0.15, 0.2) is 182 Å². The van der Waals surface area contributed by atoms with Crippen LogP contribution in [0.4, 0.5) is 11.4 Å². The zero-order chi connectivity index (χ0) is 59.8. The largest absolute Gasteiger partial charge is 0.457 e. The molecule has 0 bridgehead atoms. The predicted octanol–water partition coefficient (Wildman–Crippen LogP) is 18.5. The number of rotatable bonds is 5. The van der Waals surface area contributed by atoms with Crippen LogP contribution in [-0.4, -0.2) is 14.1 Å². The lowest BCUT2D eigenvalue weighted by atomic mass is 9.78. The van der Waals surface area contributed by atoms with Crippen molar-refractivity contribution in [3.05, 3.63) is 204 Å². The second-order valence-electron chi connectivity index (χ2n) is 21.2. The molecule has 0 amide bonds. The van der Waals surface area contributed by atoms with Gasteiger partial charge in [0.15, 0.2) is 0 Å². The van der Waals surface area contributed by atoms with E-state index in [1.54, 1.807) is 12.1 Å². The summed E-state index contributed by atoms with van der Waals surface area (Å²) in [5, 5.41) is 6.27. The zero-order valence-electron chi connectivity index (χ0n) is 53.2.